The molecule has 0 saturated carbocycles. The Bertz CT molecular complexity index is 1060. The second-order valence-corrected chi connectivity index (χ2v) is 7.28. The van der Waals surface area contributed by atoms with Crippen molar-refractivity contribution in [3.8, 4) is 17.2 Å². The first kappa shape index (κ1) is 20.8. The maximum atomic E-state index is 13.3. The molecule has 1 fully saturated rings. The summed E-state index contributed by atoms with van der Waals surface area (Å²) in [5, 5.41) is 0.782. The number of benzene rings is 2. The van der Waals surface area contributed by atoms with Crippen LogP contribution < -0.4 is 19.1 Å². The lowest BCUT2D eigenvalue weighted by Crippen LogP contribution is -2.49. The zero-order valence-corrected chi connectivity index (χ0v) is 18.1. The van der Waals surface area contributed by atoms with Gasteiger partial charge in [-0.15, -0.1) is 0 Å². The van der Waals surface area contributed by atoms with Crippen molar-refractivity contribution >= 4 is 22.5 Å². The van der Waals surface area contributed by atoms with Crippen molar-refractivity contribution in [3.63, 3.8) is 0 Å². The van der Waals surface area contributed by atoms with Crippen LogP contribution in [-0.4, -0.2) is 62.8 Å². The fourth-order valence-electron chi connectivity index (χ4n) is 3.88. The number of aromatic nitrogens is 1. The molecule has 1 aliphatic rings. The van der Waals surface area contributed by atoms with Gasteiger partial charge in [-0.05, 0) is 25.1 Å². The first-order chi connectivity index (χ1) is 15.1. The van der Waals surface area contributed by atoms with E-state index in [1.165, 1.54) is 5.69 Å². The fraction of sp³-hybridized carbons (Fsp3) is 0.333. The lowest BCUT2D eigenvalue weighted by Gasteiger charge is -2.36. The molecule has 0 bridgehead atoms. The van der Waals surface area contributed by atoms with Gasteiger partial charge < -0.3 is 24.0 Å². The van der Waals surface area contributed by atoms with Gasteiger partial charge in [-0.2, -0.15) is 0 Å². The van der Waals surface area contributed by atoms with Gasteiger partial charge in [0.1, 0.15) is 11.4 Å². The molecule has 0 radical (unpaired) electrons. The van der Waals surface area contributed by atoms with Gasteiger partial charge in [0.15, 0.2) is 11.5 Å². The third kappa shape index (κ3) is 4.21. The summed E-state index contributed by atoms with van der Waals surface area (Å²) in [6.07, 6.45) is 0. The smallest absolute Gasteiger partial charge is 0.272 e. The van der Waals surface area contributed by atoms with Crippen LogP contribution in [0.3, 0.4) is 0 Å². The van der Waals surface area contributed by atoms with Crippen molar-refractivity contribution in [2.45, 2.75) is 6.92 Å². The maximum absolute atomic E-state index is 13.3. The number of amides is 1. The lowest BCUT2D eigenvalue weighted by atomic mass is 10.1. The van der Waals surface area contributed by atoms with Crippen LogP contribution in [0.4, 0.5) is 5.69 Å². The Morgan fingerprint density at radius 2 is 1.61 bits per heavy atom. The Morgan fingerprint density at radius 3 is 2.26 bits per heavy atom. The zero-order valence-electron chi connectivity index (χ0n) is 18.1. The number of fused-ring (bicyclic) bond motifs is 1. The average Bonchev–Trinajstić information content (AvgIpc) is 2.83. The Morgan fingerprint density at radius 1 is 0.935 bits per heavy atom. The second-order valence-electron chi connectivity index (χ2n) is 7.28. The molecule has 7 nitrogen and oxygen atoms in total. The largest absolute Gasteiger partial charge is 0.493 e. The summed E-state index contributed by atoms with van der Waals surface area (Å²) in [7, 11) is 3.17. The number of carbonyl (C=O) groups excluding carboxylic acids is 1. The van der Waals surface area contributed by atoms with Gasteiger partial charge in [0.25, 0.3) is 5.91 Å². The fourth-order valence-corrected chi connectivity index (χ4v) is 3.88. The minimum absolute atomic E-state index is 0.0923. The highest BCUT2D eigenvalue weighted by atomic mass is 16.5. The second kappa shape index (κ2) is 9.12. The molecule has 1 amide bonds. The third-order valence-corrected chi connectivity index (χ3v) is 5.48. The van der Waals surface area contributed by atoms with Gasteiger partial charge in [-0.3, -0.25) is 4.79 Å². The quantitative estimate of drug-likeness (QED) is 0.606. The van der Waals surface area contributed by atoms with Gasteiger partial charge in [0.05, 0.1) is 26.3 Å². The van der Waals surface area contributed by atoms with E-state index >= 15 is 0 Å². The molecule has 7 heteroatoms. The zero-order chi connectivity index (χ0) is 21.8. The summed E-state index contributed by atoms with van der Waals surface area (Å²) in [5.74, 6) is 1.67. The van der Waals surface area contributed by atoms with Crippen LogP contribution in [0.25, 0.3) is 10.9 Å². The van der Waals surface area contributed by atoms with Crippen LogP contribution >= 0.6 is 0 Å². The molecule has 2 aromatic carbocycles. The molecule has 1 saturated heterocycles. The Kier molecular flexibility index (Phi) is 6.11. The van der Waals surface area contributed by atoms with Gasteiger partial charge in [0, 0.05) is 49.4 Å². The van der Waals surface area contributed by atoms with Crippen LogP contribution in [0.2, 0.25) is 0 Å². The van der Waals surface area contributed by atoms with Crippen LogP contribution in [-0.2, 0) is 0 Å². The monoisotopic (exact) mass is 421 g/mol. The number of nitrogens with zero attached hydrogens (tertiary/aromatic N) is 3. The van der Waals surface area contributed by atoms with Gasteiger partial charge in [-0.1, -0.05) is 18.2 Å². The van der Waals surface area contributed by atoms with Crippen LogP contribution in [0.5, 0.6) is 17.2 Å². The number of rotatable bonds is 6. The average molecular weight is 421 g/mol. The van der Waals surface area contributed by atoms with Gasteiger partial charge in [-0.25, -0.2) is 4.98 Å². The van der Waals surface area contributed by atoms with E-state index in [0.717, 1.165) is 18.5 Å². The van der Waals surface area contributed by atoms with Crippen LogP contribution in [0, 0.1) is 0 Å². The van der Waals surface area contributed by atoms with Crippen molar-refractivity contribution in [1.29, 1.82) is 0 Å². The van der Waals surface area contributed by atoms with E-state index in [2.05, 4.69) is 22.0 Å². The van der Waals surface area contributed by atoms with E-state index in [4.69, 9.17) is 14.2 Å². The first-order valence-corrected chi connectivity index (χ1v) is 10.4. The number of carbonyl (C=O) groups is 1. The van der Waals surface area contributed by atoms with Crippen molar-refractivity contribution in [3.05, 3.63) is 54.2 Å². The van der Waals surface area contributed by atoms with Crippen LogP contribution in [0.1, 0.15) is 17.4 Å². The molecule has 0 spiro atoms. The number of hydrogen-bond acceptors (Lipinski definition) is 6. The van der Waals surface area contributed by atoms with E-state index in [-0.39, 0.29) is 5.91 Å². The number of anilines is 1. The molecule has 0 unspecified atom stereocenters. The predicted molar refractivity (Wildman–Crippen MR) is 121 cm³/mol. The molecule has 0 aliphatic carbocycles. The molecule has 1 aliphatic heterocycles. The van der Waals surface area contributed by atoms with Gasteiger partial charge >= 0.3 is 0 Å². The summed E-state index contributed by atoms with van der Waals surface area (Å²) in [4.78, 5) is 22.0. The number of piperazine rings is 1. The third-order valence-electron chi connectivity index (χ3n) is 5.48. The molecule has 2 heterocycles. The minimum atomic E-state index is -0.0923. The molecule has 1 aromatic heterocycles. The van der Waals surface area contributed by atoms with Crippen LogP contribution in [0.15, 0.2) is 48.5 Å². The molecule has 0 atom stereocenters. The topological polar surface area (TPSA) is 64.1 Å². The normalized spacial score (nSPS) is 13.9. The highest BCUT2D eigenvalue weighted by Gasteiger charge is 2.25. The van der Waals surface area contributed by atoms with Crippen molar-refractivity contribution < 1.29 is 19.0 Å². The van der Waals surface area contributed by atoms with E-state index < -0.39 is 0 Å². The highest BCUT2D eigenvalue weighted by Crippen LogP contribution is 2.36. The predicted octanol–water partition coefficient (Wildman–Crippen LogP) is 3.61. The molecular formula is C24H27N3O4. The summed E-state index contributed by atoms with van der Waals surface area (Å²) in [6.45, 7) is 5.25. The van der Waals surface area contributed by atoms with Gasteiger partial charge in [0.2, 0.25) is 0 Å². The molecule has 3 aromatic rings. The Hall–Kier alpha value is -3.48. The standard InChI is InChI=1S/C24H27N3O4/c1-4-31-21-16-20(25-19-15-23(30-3)22(29-2)14-18(19)21)24(28)27-12-10-26(11-13-27)17-8-6-5-7-9-17/h5-9,14-16H,4,10-13H2,1-3H3. The molecule has 0 N–H and O–H groups in total. The number of hydrogen-bond donors (Lipinski definition) is 0. The number of ether oxygens (including phenoxy) is 3. The van der Waals surface area contributed by atoms with Crippen molar-refractivity contribution in [1.82, 2.24) is 9.88 Å². The first-order valence-electron chi connectivity index (χ1n) is 10.4. The number of pyridine rings is 1. The SMILES string of the molecule is CCOc1cc(C(=O)N2CCN(c3ccccc3)CC2)nc2cc(OC)c(OC)cc12. The minimum Gasteiger partial charge on any atom is -0.493 e. The van der Waals surface area contributed by atoms with E-state index in [1.807, 2.05) is 36.1 Å². The highest BCUT2D eigenvalue weighted by molar-refractivity contribution is 5.98. The lowest BCUT2D eigenvalue weighted by molar-refractivity contribution is 0.0741. The number of para-hydroxylation sites is 1. The maximum Gasteiger partial charge on any atom is 0.272 e. The van der Waals surface area contributed by atoms with Crippen molar-refractivity contribution in [2.24, 2.45) is 0 Å². The van der Waals surface area contributed by atoms with Crippen molar-refractivity contribution in [2.75, 3.05) is 51.9 Å². The summed E-state index contributed by atoms with van der Waals surface area (Å²) in [6, 6.07) is 15.6. The van der Waals surface area contributed by atoms with E-state index in [9.17, 15) is 4.79 Å². The number of methoxy groups -OCH3 is 2. The molecule has 4 rings (SSSR count). The Labute approximate surface area is 182 Å². The summed E-state index contributed by atoms with van der Waals surface area (Å²) < 4.78 is 16.6. The van der Waals surface area contributed by atoms with E-state index in [0.29, 0.717) is 48.2 Å². The summed E-state index contributed by atoms with van der Waals surface area (Å²) >= 11 is 0. The molecule has 31 heavy (non-hydrogen) atoms. The van der Waals surface area contributed by atoms with E-state index in [1.54, 1.807) is 26.4 Å². The summed E-state index contributed by atoms with van der Waals surface area (Å²) in [5.41, 5.74) is 2.18. The molecule has 162 valence electrons. The molecular weight excluding hydrogens is 394 g/mol. The Balaban J connectivity index is 1.60.